The van der Waals surface area contributed by atoms with Crippen LogP contribution >= 0.6 is 0 Å². The van der Waals surface area contributed by atoms with Crippen molar-refractivity contribution in [1.29, 1.82) is 0 Å². The molecule has 106 valence electrons. The van der Waals surface area contributed by atoms with Gasteiger partial charge in [-0.1, -0.05) is 26.7 Å². The van der Waals surface area contributed by atoms with Gasteiger partial charge >= 0.3 is 0 Å². The van der Waals surface area contributed by atoms with Crippen molar-refractivity contribution >= 4 is 0 Å². The molecule has 0 radical (unpaired) electrons. The molecule has 0 spiro atoms. The largest absolute Gasteiger partial charge is 0.328 e. The minimum absolute atomic E-state index is 0.713. The first-order chi connectivity index (χ1) is 9.31. The van der Waals surface area contributed by atoms with Gasteiger partial charge in [0.2, 0.25) is 0 Å². The van der Waals surface area contributed by atoms with E-state index in [-0.39, 0.29) is 0 Å². The number of hydrogen-bond donors (Lipinski definition) is 1. The predicted molar refractivity (Wildman–Crippen MR) is 78.3 cm³/mol. The van der Waals surface area contributed by atoms with Gasteiger partial charge in [0.05, 0.1) is 5.69 Å². The number of fused-ring (bicyclic) bond motifs is 1. The molecule has 3 rings (SSSR count). The van der Waals surface area contributed by atoms with E-state index in [0.717, 1.165) is 31.8 Å². The molecule has 0 amide bonds. The van der Waals surface area contributed by atoms with Crippen LogP contribution in [0, 0.1) is 5.92 Å². The second-order valence-corrected chi connectivity index (χ2v) is 6.30. The van der Waals surface area contributed by atoms with Crippen LogP contribution in [0.5, 0.6) is 0 Å². The normalized spacial score (nSPS) is 27.3. The van der Waals surface area contributed by atoms with Crippen LogP contribution in [0.15, 0.2) is 0 Å². The third-order valence-corrected chi connectivity index (χ3v) is 4.87. The Kier molecular flexibility index (Phi) is 3.92. The van der Waals surface area contributed by atoms with E-state index in [1.807, 2.05) is 0 Å². The minimum Gasteiger partial charge on any atom is -0.328 e. The monoisotopic (exact) mass is 261 g/mol. The van der Waals surface area contributed by atoms with Crippen molar-refractivity contribution < 1.29 is 0 Å². The Labute approximate surface area is 116 Å². The number of aryl methyl sites for hydroxylation is 1. The number of aromatic nitrogens is 2. The topological polar surface area (TPSA) is 29.9 Å². The zero-order valence-electron chi connectivity index (χ0n) is 12.4. The van der Waals surface area contributed by atoms with Crippen LogP contribution in [0.25, 0.3) is 0 Å². The summed E-state index contributed by atoms with van der Waals surface area (Å²) in [5.41, 5.74) is 2.87. The van der Waals surface area contributed by atoms with Crippen LogP contribution in [0.2, 0.25) is 0 Å². The molecule has 1 saturated carbocycles. The molecule has 3 nitrogen and oxygen atoms in total. The molecule has 19 heavy (non-hydrogen) atoms. The summed E-state index contributed by atoms with van der Waals surface area (Å²) in [6.45, 7) is 6.79. The molecule has 3 heteroatoms. The van der Waals surface area contributed by atoms with Crippen LogP contribution in [0.4, 0.5) is 0 Å². The van der Waals surface area contributed by atoms with Gasteiger partial charge in [0.25, 0.3) is 0 Å². The van der Waals surface area contributed by atoms with Gasteiger partial charge in [-0.25, -0.2) is 4.98 Å². The van der Waals surface area contributed by atoms with E-state index in [0.29, 0.717) is 6.04 Å². The van der Waals surface area contributed by atoms with E-state index in [1.54, 1.807) is 5.69 Å². The first kappa shape index (κ1) is 13.2. The zero-order chi connectivity index (χ0) is 13.2. The molecule has 0 aromatic carbocycles. The van der Waals surface area contributed by atoms with Crippen LogP contribution in [0.3, 0.4) is 0 Å². The third kappa shape index (κ3) is 2.45. The SMILES string of the molecule is CCCc1nc2c(n1C1CCCCC1C)CCNC2. The van der Waals surface area contributed by atoms with Crippen molar-refractivity contribution in [3.63, 3.8) is 0 Å². The fraction of sp³-hybridized carbons (Fsp3) is 0.812. The van der Waals surface area contributed by atoms with E-state index < -0.39 is 0 Å². The molecule has 1 fully saturated rings. The summed E-state index contributed by atoms with van der Waals surface area (Å²) < 4.78 is 2.66. The Bertz CT molecular complexity index is 435. The van der Waals surface area contributed by atoms with Crippen molar-refractivity contribution in [3.05, 3.63) is 17.2 Å². The zero-order valence-corrected chi connectivity index (χ0v) is 12.4. The van der Waals surface area contributed by atoms with Gasteiger partial charge in [-0.05, 0) is 25.2 Å². The number of nitrogens with one attached hydrogen (secondary N) is 1. The molecule has 2 aliphatic rings. The fourth-order valence-corrected chi connectivity index (χ4v) is 3.86. The third-order valence-electron chi connectivity index (χ3n) is 4.87. The molecular weight excluding hydrogens is 234 g/mol. The smallest absolute Gasteiger partial charge is 0.109 e. The Morgan fingerprint density at radius 3 is 2.95 bits per heavy atom. The highest BCUT2D eigenvalue weighted by molar-refractivity contribution is 5.22. The van der Waals surface area contributed by atoms with Gasteiger partial charge < -0.3 is 9.88 Å². The van der Waals surface area contributed by atoms with Gasteiger partial charge in [-0.15, -0.1) is 0 Å². The summed E-state index contributed by atoms with van der Waals surface area (Å²) in [5, 5.41) is 3.46. The molecule has 1 aliphatic heterocycles. The minimum atomic E-state index is 0.713. The van der Waals surface area contributed by atoms with Crippen LogP contribution in [0.1, 0.15) is 69.2 Å². The average molecular weight is 261 g/mol. The average Bonchev–Trinajstić information content (AvgIpc) is 2.78. The van der Waals surface area contributed by atoms with Crippen LogP contribution in [-0.4, -0.2) is 16.1 Å². The maximum Gasteiger partial charge on any atom is 0.109 e. The lowest BCUT2D eigenvalue weighted by Crippen LogP contribution is -2.29. The molecule has 1 aliphatic carbocycles. The highest BCUT2D eigenvalue weighted by atomic mass is 15.1. The molecular formula is C16H27N3. The van der Waals surface area contributed by atoms with Gasteiger partial charge in [0.1, 0.15) is 5.82 Å². The van der Waals surface area contributed by atoms with E-state index in [4.69, 9.17) is 4.98 Å². The highest BCUT2D eigenvalue weighted by Gasteiger charge is 2.29. The molecule has 1 aromatic rings. The van der Waals surface area contributed by atoms with E-state index >= 15 is 0 Å². The molecule has 0 saturated heterocycles. The molecule has 0 bridgehead atoms. The Morgan fingerprint density at radius 1 is 1.32 bits per heavy atom. The van der Waals surface area contributed by atoms with Gasteiger partial charge in [0, 0.05) is 37.7 Å². The molecule has 1 N–H and O–H groups in total. The molecule has 2 atom stereocenters. The lowest BCUT2D eigenvalue weighted by atomic mass is 9.85. The summed E-state index contributed by atoms with van der Waals surface area (Å²) in [7, 11) is 0. The number of rotatable bonds is 3. The van der Waals surface area contributed by atoms with Crippen molar-refractivity contribution in [1.82, 2.24) is 14.9 Å². The summed E-state index contributed by atoms with van der Waals surface area (Å²) in [6.07, 6.45) is 9.05. The van der Waals surface area contributed by atoms with Crippen molar-refractivity contribution in [2.45, 2.75) is 71.4 Å². The lowest BCUT2D eigenvalue weighted by Gasteiger charge is -2.33. The van der Waals surface area contributed by atoms with Crippen molar-refractivity contribution in [3.8, 4) is 0 Å². The first-order valence-corrected chi connectivity index (χ1v) is 8.10. The lowest BCUT2D eigenvalue weighted by molar-refractivity contribution is 0.247. The molecule has 1 aromatic heterocycles. The maximum absolute atomic E-state index is 4.95. The summed E-state index contributed by atoms with van der Waals surface area (Å²) in [4.78, 5) is 4.95. The summed E-state index contributed by atoms with van der Waals surface area (Å²) in [5.74, 6) is 2.17. The number of hydrogen-bond acceptors (Lipinski definition) is 2. The fourth-order valence-electron chi connectivity index (χ4n) is 3.86. The van der Waals surface area contributed by atoms with E-state index in [2.05, 4.69) is 23.7 Å². The van der Waals surface area contributed by atoms with Crippen LogP contribution in [-0.2, 0) is 19.4 Å². The standard InChI is InChI=1S/C16H27N3/c1-3-6-16-18-13-11-17-10-9-15(13)19(16)14-8-5-4-7-12(14)2/h12,14,17H,3-11H2,1-2H3. The second-order valence-electron chi connectivity index (χ2n) is 6.30. The second kappa shape index (κ2) is 5.66. The quantitative estimate of drug-likeness (QED) is 0.905. The van der Waals surface area contributed by atoms with Crippen molar-refractivity contribution in [2.75, 3.05) is 6.54 Å². The highest BCUT2D eigenvalue weighted by Crippen LogP contribution is 2.36. The number of imidazole rings is 1. The Balaban J connectivity index is 1.99. The molecule has 2 unspecified atom stereocenters. The van der Waals surface area contributed by atoms with Gasteiger partial charge in [-0.3, -0.25) is 0 Å². The maximum atomic E-state index is 4.95. The van der Waals surface area contributed by atoms with E-state index in [9.17, 15) is 0 Å². The van der Waals surface area contributed by atoms with E-state index in [1.165, 1.54) is 43.6 Å². The Morgan fingerprint density at radius 2 is 2.16 bits per heavy atom. The van der Waals surface area contributed by atoms with Gasteiger partial charge in [-0.2, -0.15) is 0 Å². The first-order valence-electron chi connectivity index (χ1n) is 8.10. The summed E-state index contributed by atoms with van der Waals surface area (Å²) >= 11 is 0. The predicted octanol–water partition coefficient (Wildman–Crippen LogP) is 3.23. The molecule has 2 heterocycles. The Hall–Kier alpha value is -0.830. The number of nitrogens with zero attached hydrogens (tertiary/aromatic N) is 2. The van der Waals surface area contributed by atoms with Gasteiger partial charge in [0.15, 0.2) is 0 Å². The van der Waals surface area contributed by atoms with Crippen molar-refractivity contribution in [2.24, 2.45) is 5.92 Å². The summed E-state index contributed by atoms with van der Waals surface area (Å²) in [6, 6.07) is 0.713. The van der Waals surface area contributed by atoms with Crippen LogP contribution < -0.4 is 5.32 Å².